The zero-order chi connectivity index (χ0) is 13.0. The Bertz CT molecular complexity index is 363. The van der Waals surface area contributed by atoms with Gasteiger partial charge in [-0.25, -0.2) is 0 Å². The predicted molar refractivity (Wildman–Crippen MR) is 76.1 cm³/mol. The van der Waals surface area contributed by atoms with Gasteiger partial charge in [0.2, 0.25) is 0 Å². The average Bonchev–Trinajstić information content (AvgIpc) is 2.33. The lowest BCUT2D eigenvalue weighted by Gasteiger charge is -2.40. The van der Waals surface area contributed by atoms with Crippen molar-refractivity contribution in [2.24, 2.45) is 0 Å². The molecule has 0 radical (unpaired) electrons. The van der Waals surface area contributed by atoms with Crippen molar-refractivity contribution in [3.05, 3.63) is 29.8 Å². The van der Waals surface area contributed by atoms with Gasteiger partial charge in [-0.05, 0) is 37.0 Å². The van der Waals surface area contributed by atoms with E-state index in [4.69, 9.17) is 4.74 Å². The van der Waals surface area contributed by atoms with Crippen molar-refractivity contribution in [1.82, 2.24) is 5.32 Å². The molecule has 1 aliphatic carbocycles. The van der Waals surface area contributed by atoms with E-state index >= 15 is 0 Å². The molecule has 0 heterocycles. The van der Waals surface area contributed by atoms with Crippen LogP contribution in [0.25, 0.3) is 0 Å². The molecule has 1 fully saturated rings. The van der Waals surface area contributed by atoms with E-state index in [0.29, 0.717) is 0 Å². The second-order valence-corrected chi connectivity index (χ2v) is 5.41. The van der Waals surface area contributed by atoms with Gasteiger partial charge in [0.25, 0.3) is 0 Å². The summed E-state index contributed by atoms with van der Waals surface area (Å²) in [5.74, 6) is 0. The Morgan fingerprint density at radius 2 is 1.89 bits per heavy atom. The summed E-state index contributed by atoms with van der Waals surface area (Å²) in [6.07, 6.45) is 3.68. The van der Waals surface area contributed by atoms with Crippen molar-refractivity contribution in [2.45, 2.75) is 31.4 Å². The molecule has 2 rings (SSSR count). The van der Waals surface area contributed by atoms with Crippen LogP contribution in [0, 0.1) is 0 Å². The highest BCUT2D eigenvalue weighted by Gasteiger charge is 2.36. The first-order chi connectivity index (χ1) is 8.65. The average molecular weight is 248 g/mol. The molecule has 0 unspecified atom stereocenters. The number of ether oxygens (including phenoxy) is 1. The smallest absolute Gasteiger partial charge is 0.0802 e. The van der Waals surface area contributed by atoms with Gasteiger partial charge in [0, 0.05) is 40.0 Å². The second kappa shape index (κ2) is 5.72. The van der Waals surface area contributed by atoms with Crippen LogP contribution < -0.4 is 10.2 Å². The summed E-state index contributed by atoms with van der Waals surface area (Å²) >= 11 is 0. The summed E-state index contributed by atoms with van der Waals surface area (Å²) in [5, 5.41) is 3.51. The molecule has 0 aromatic heterocycles. The fourth-order valence-electron chi connectivity index (χ4n) is 2.37. The van der Waals surface area contributed by atoms with E-state index in [1.807, 2.05) is 7.11 Å². The van der Waals surface area contributed by atoms with E-state index in [1.165, 1.54) is 30.5 Å². The van der Waals surface area contributed by atoms with Crippen LogP contribution in [-0.2, 0) is 11.3 Å². The van der Waals surface area contributed by atoms with E-state index in [-0.39, 0.29) is 5.60 Å². The van der Waals surface area contributed by atoms with Crippen molar-refractivity contribution in [3.8, 4) is 0 Å². The summed E-state index contributed by atoms with van der Waals surface area (Å²) in [6.45, 7) is 1.87. The highest BCUT2D eigenvalue weighted by atomic mass is 16.5. The first-order valence-electron chi connectivity index (χ1n) is 6.67. The van der Waals surface area contributed by atoms with E-state index in [9.17, 15) is 0 Å². The molecule has 0 bridgehead atoms. The van der Waals surface area contributed by atoms with Crippen LogP contribution >= 0.6 is 0 Å². The Hall–Kier alpha value is -1.06. The fourth-order valence-corrected chi connectivity index (χ4v) is 2.37. The molecule has 3 nitrogen and oxygen atoms in total. The third kappa shape index (κ3) is 3.03. The molecule has 0 saturated heterocycles. The molecule has 0 amide bonds. The van der Waals surface area contributed by atoms with Gasteiger partial charge in [-0.3, -0.25) is 0 Å². The number of nitrogens with one attached hydrogen (secondary N) is 1. The molecule has 1 aromatic rings. The number of benzene rings is 1. The van der Waals surface area contributed by atoms with E-state index in [0.717, 1.165) is 13.1 Å². The molecule has 1 N–H and O–H groups in total. The number of hydrogen-bond acceptors (Lipinski definition) is 3. The number of hydrogen-bond donors (Lipinski definition) is 1. The highest BCUT2D eigenvalue weighted by molar-refractivity contribution is 5.45. The molecule has 0 atom stereocenters. The first-order valence-corrected chi connectivity index (χ1v) is 6.67. The summed E-state index contributed by atoms with van der Waals surface area (Å²) in [6, 6.07) is 8.68. The molecule has 3 heteroatoms. The van der Waals surface area contributed by atoms with Gasteiger partial charge in [-0.2, -0.15) is 0 Å². The predicted octanol–water partition coefficient (Wildman–Crippen LogP) is 2.41. The van der Waals surface area contributed by atoms with E-state index in [2.05, 4.69) is 48.6 Å². The van der Waals surface area contributed by atoms with Crippen LogP contribution in [0.15, 0.2) is 24.3 Å². The van der Waals surface area contributed by atoms with Gasteiger partial charge in [0.15, 0.2) is 0 Å². The zero-order valence-corrected chi connectivity index (χ0v) is 11.7. The van der Waals surface area contributed by atoms with Crippen molar-refractivity contribution in [2.75, 3.05) is 32.6 Å². The van der Waals surface area contributed by atoms with Crippen LogP contribution in [0.4, 0.5) is 5.69 Å². The lowest BCUT2D eigenvalue weighted by atomic mass is 9.80. The Morgan fingerprint density at radius 3 is 2.33 bits per heavy atom. The third-order valence-corrected chi connectivity index (χ3v) is 3.93. The van der Waals surface area contributed by atoms with Gasteiger partial charge in [0.05, 0.1) is 5.60 Å². The quantitative estimate of drug-likeness (QED) is 0.836. The maximum Gasteiger partial charge on any atom is 0.0802 e. The number of anilines is 1. The third-order valence-electron chi connectivity index (χ3n) is 3.93. The van der Waals surface area contributed by atoms with Crippen molar-refractivity contribution >= 4 is 5.69 Å². The van der Waals surface area contributed by atoms with Crippen molar-refractivity contribution < 1.29 is 4.74 Å². The van der Waals surface area contributed by atoms with Crippen molar-refractivity contribution in [1.29, 1.82) is 0 Å². The maximum absolute atomic E-state index is 5.59. The minimum Gasteiger partial charge on any atom is -0.378 e. The van der Waals surface area contributed by atoms with Gasteiger partial charge < -0.3 is 15.0 Å². The molecule has 1 saturated carbocycles. The normalized spacial score (nSPS) is 17.3. The van der Waals surface area contributed by atoms with Gasteiger partial charge in [-0.1, -0.05) is 12.1 Å². The summed E-state index contributed by atoms with van der Waals surface area (Å²) < 4.78 is 5.59. The number of nitrogens with zero attached hydrogens (tertiary/aromatic N) is 1. The number of methoxy groups -OCH3 is 1. The Labute approximate surface area is 110 Å². The maximum atomic E-state index is 5.59. The standard InChI is InChI=1S/C15H24N2O/c1-17(2)14-7-5-13(6-8-14)11-16-12-15(18-3)9-4-10-15/h5-8,16H,4,9-12H2,1-3H3. The highest BCUT2D eigenvalue weighted by Crippen LogP contribution is 2.34. The van der Waals surface area contributed by atoms with Gasteiger partial charge in [0.1, 0.15) is 0 Å². The molecule has 1 aliphatic rings. The summed E-state index contributed by atoms with van der Waals surface area (Å²) in [5.41, 5.74) is 2.68. The molecule has 100 valence electrons. The number of rotatable bonds is 6. The monoisotopic (exact) mass is 248 g/mol. The van der Waals surface area contributed by atoms with Crippen molar-refractivity contribution in [3.63, 3.8) is 0 Å². The SMILES string of the molecule is COC1(CNCc2ccc(N(C)C)cc2)CCC1. The lowest BCUT2D eigenvalue weighted by Crippen LogP contribution is -2.47. The summed E-state index contributed by atoms with van der Waals surface area (Å²) in [4.78, 5) is 2.12. The van der Waals surface area contributed by atoms with Crippen LogP contribution in [-0.4, -0.2) is 33.4 Å². The fraction of sp³-hybridized carbons (Fsp3) is 0.600. The van der Waals surface area contributed by atoms with Crippen LogP contribution in [0.3, 0.4) is 0 Å². The Kier molecular flexibility index (Phi) is 4.25. The molecular weight excluding hydrogens is 224 g/mol. The van der Waals surface area contributed by atoms with Gasteiger partial charge >= 0.3 is 0 Å². The van der Waals surface area contributed by atoms with Crippen LogP contribution in [0.5, 0.6) is 0 Å². The summed E-state index contributed by atoms with van der Waals surface area (Å²) in [7, 11) is 5.95. The van der Waals surface area contributed by atoms with Crippen LogP contribution in [0.2, 0.25) is 0 Å². The Balaban J connectivity index is 1.79. The van der Waals surface area contributed by atoms with Gasteiger partial charge in [-0.15, -0.1) is 0 Å². The second-order valence-electron chi connectivity index (χ2n) is 5.41. The first kappa shape index (κ1) is 13.4. The molecule has 1 aromatic carbocycles. The molecule has 18 heavy (non-hydrogen) atoms. The topological polar surface area (TPSA) is 24.5 Å². The molecule has 0 spiro atoms. The minimum atomic E-state index is 0.115. The largest absolute Gasteiger partial charge is 0.378 e. The molecule has 0 aliphatic heterocycles. The van der Waals surface area contributed by atoms with Crippen LogP contribution in [0.1, 0.15) is 24.8 Å². The molecular formula is C15H24N2O. The van der Waals surface area contributed by atoms with E-state index < -0.39 is 0 Å². The Morgan fingerprint density at radius 1 is 1.22 bits per heavy atom. The van der Waals surface area contributed by atoms with E-state index in [1.54, 1.807) is 0 Å². The zero-order valence-electron chi connectivity index (χ0n) is 11.7. The minimum absolute atomic E-state index is 0.115. The lowest BCUT2D eigenvalue weighted by molar-refractivity contribution is -0.0695.